The summed E-state index contributed by atoms with van der Waals surface area (Å²) in [5, 5.41) is 9.06. The third-order valence-electron chi connectivity index (χ3n) is 8.73. The van der Waals surface area contributed by atoms with Crippen molar-refractivity contribution in [1.29, 1.82) is 5.26 Å². The lowest BCUT2D eigenvalue weighted by Crippen LogP contribution is -2.51. The Morgan fingerprint density at radius 1 is 1.09 bits per heavy atom. The molecule has 0 aromatic heterocycles. The smallest absolute Gasteiger partial charge is 0.417 e. The second-order valence-corrected chi connectivity index (χ2v) is 14.9. The van der Waals surface area contributed by atoms with Crippen molar-refractivity contribution in [3.8, 4) is 6.07 Å². The van der Waals surface area contributed by atoms with E-state index < -0.39 is 64.7 Å². The van der Waals surface area contributed by atoms with Crippen LogP contribution in [0.3, 0.4) is 0 Å². The first kappa shape index (κ1) is 36.9. The molecule has 1 saturated carbocycles. The highest BCUT2D eigenvalue weighted by Crippen LogP contribution is 2.42. The Balaban J connectivity index is 1.27. The van der Waals surface area contributed by atoms with E-state index in [0.717, 1.165) is 16.4 Å². The van der Waals surface area contributed by atoms with Gasteiger partial charge in [0.2, 0.25) is 0 Å². The average Bonchev–Trinajstić information content (AvgIpc) is 3.11. The molecule has 47 heavy (non-hydrogen) atoms. The highest BCUT2D eigenvalue weighted by molar-refractivity contribution is 7.98. The first-order valence-electron chi connectivity index (χ1n) is 15.6. The number of nitriles is 1. The number of ether oxygens (including phenoxy) is 2. The van der Waals surface area contributed by atoms with Gasteiger partial charge in [0.15, 0.2) is 0 Å². The van der Waals surface area contributed by atoms with Crippen molar-refractivity contribution < 1.29 is 45.8 Å². The molecular weight excluding hydrogens is 647 g/mol. The van der Waals surface area contributed by atoms with Crippen LogP contribution in [-0.4, -0.2) is 87.5 Å². The zero-order valence-electron chi connectivity index (χ0n) is 27.2. The van der Waals surface area contributed by atoms with Crippen LogP contribution in [0.25, 0.3) is 0 Å². The number of likely N-dealkylation sites (tertiary alicyclic amines) is 1. The Morgan fingerprint density at radius 2 is 1.74 bits per heavy atom. The van der Waals surface area contributed by atoms with Crippen LogP contribution in [0.2, 0.25) is 0 Å². The Morgan fingerprint density at radius 3 is 2.32 bits per heavy atom. The van der Waals surface area contributed by atoms with Crippen LogP contribution in [-0.2, 0) is 25.2 Å². The standard InChI is InChI=1S/C32H41F5N4O5S/c1-29(2,3)46-26(42)18-39-14-12-21(31(33,34)19-39)13-15-45-23-9-7-22(8-10-23)40-28(44)41(27(43)30(40,4)5)47-24-11-6-20(17-38)25(16-24)32(35,36)37/h6,11,16,21-23H,7-10,12-15,18-19H2,1-5H3. The van der Waals surface area contributed by atoms with E-state index in [1.165, 1.54) is 21.9 Å². The van der Waals surface area contributed by atoms with Gasteiger partial charge in [0.05, 0.1) is 36.4 Å². The number of alkyl halides is 5. The fraction of sp³-hybridized carbons (Fsp3) is 0.688. The fourth-order valence-corrected chi connectivity index (χ4v) is 7.42. The van der Waals surface area contributed by atoms with Gasteiger partial charge in [-0.05, 0) is 110 Å². The van der Waals surface area contributed by atoms with Crippen LogP contribution in [0.4, 0.5) is 26.7 Å². The Kier molecular flexibility index (Phi) is 10.9. The molecule has 0 spiro atoms. The molecule has 1 unspecified atom stereocenters. The maximum Gasteiger partial charge on any atom is 0.417 e. The van der Waals surface area contributed by atoms with E-state index in [1.807, 2.05) is 0 Å². The van der Waals surface area contributed by atoms with Crippen molar-refractivity contribution in [2.75, 3.05) is 26.2 Å². The molecule has 1 aliphatic carbocycles. The summed E-state index contributed by atoms with van der Waals surface area (Å²) < 4.78 is 82.3. The number of rotatable bonds is 9. The summed E-state index contributed by atoms with van der Waals surface area (Å²) in [6, 6.07) is 3.59. The number of imide groups is 1. The van der Waals surface area contributed by atoms with E-state index >= 15 is 0 Å². The Bertz CT molecular complexity index is 1390. The number of carbonyl (C=O) groups is 3. The van der Waals surface area contributed by atoms with Crippen molar-refractivity contribution in [2.24, 2.45) is 5.92 Å². The Labute approximate surface area is 275 Å². The average molecular weight is 689 g/mol. The van der Waals surface area contributed by atoms with Gasteiger partial charge in [-0.15, -0.1) is 0 Å². The van der Waals surface area contributed by atoms with Gasteiger partial charge in [-0.25, -0.2) is 13.6 Å². The quantitative estimate of drug-likeness (QED) is 0.123. The lowest BCUT2D eigenvalue weighted by atomic mass is 9.88. The zero-order valence-corrected chi connectivity index (χ0v) is 28.0. The van der Waals surface area contributed by atoms with Crippen molar-refractivity contribution in [2.45, 2.75) is 113 Å². The number of amides is 3. The molecule has 3 fully saturated rings. The van der Waals surface area contributed by atoms with Gasteiger partial charge in [-0.3, -0.25) is 14.5 Å². The molecule has 2 heterocycles. The van der Waals surface area contributed by atoms with E-state index in [4.69, 9.17) is 14.7 Å². The van der Waals surface area contributed by atoms with Crippen LogP contribution in [0.15, 0.2) is 23.1 Å². The van der Waals surface area contributed by atoms with Gasteiger partial charge in [0.25, 0.3) is 11.8 Å². The van der Waals surface area contributed by atoms with Gasteiger partial charge < -0.3 is 14.4 Å². The number of nitrogens with zero attached hydrogens (tertiary/aromatic N) is 4. The summed E-state index contributed by atoms with van der Waals surface area (Å²) in [5.74, 6) is -4.96. The molecule has 0 N–H and O–H groups in total. The van der Waals surface area contributed by atoms with Crippen molar-refractivity contribution >= 4 is 29.9 Å². The van der Waals surface area contributed by atoms with Gasteiger partial charge in [-0.2, -0.15) is 22.7 Å². The summed E-state index contributed by atoms with van der Waals surface area (Å²) >= 11 is 0.588. The molecule has 0 bridgehead atoms. The highest BCUT2D eigenvalue weighted by atomic mass is 32.2. The summed E-state index contributed by atoms with van der Waals surface area (Å²) in [6.45, 7) is 8.14. The lowest BCUT2D eigenvalue weighted by molar-refractivity contribution is -0.161. The van der Waals surface area contributed by atoms with Gasteiger partial charge in [0, 0.05) is 23.5 Å². The summed E-state index contributed by atoms with van der Waals surface area (Å²) in [4.78, 5) is 41.7. The predicted molar refractivity (Wildman–Crippen MR) is 162 cm³/mol. The third-order valence-corrected chi connectivity index (χ3v) is 9.70. The van der Waals surface area contributed by atoms with Crippen molar-refractivity contribution in [3.63, 3.8) is 0 Å². The number of esters is 1. The molecule has 3 amide bonds. The first-order valence-corrected chi connectivity index (χ1v) is 16.4. The minimum atomic E-state index is -4.78. The van der Waals surface area contributed by atoms with Crippen molar-refractivity contribution in [3.05, 3.63) is 29.3 Å². The van der Waals surface area contributed by atoms with Gasteiger partial charge in [0.1, 0.15) is 11.1 Å². The minimum absolute atomic E-state index is 0.00734. The van der Waals surface area contributed by atoms with E-state index in [-0.39, 0.29) is 43.0 Å². The molecule has 0 radical (unpaired) electrons. The number of hydrogen-bond acceptors (Lipinski definition) is 8. The highest BCUT2D eigenvalue weighted by Gasteiger charge is 2.55. The molecule has 15 heteroatoms. The molecule has 2 aliphatic heterocycles. The molecule has 260 valence electrons. The molecule has 1 aromatic rings. The summed E-state index contributed by atoms with van der Waals surface area (Å²) in [7, 11) is 0. The van der Waals surface area contributed by atoms with Crippen LogP contribution in [0.1, 0.15) is 84.3 Å². The van der Waals surface area contributed by atoms with E-state index in [0.29, 0.717) is 44.2 Å². The Hall–Kier alpha value is -2.96. The van der Waals surface area contributed by atoms with Crippen molar-refractivity contribution in [1.82, 2.24) is 14.1 Å². The number of halogens is 5. The third kappa shape index (κ3) is 8.75. The second kappa shape index (κ2) is 13.9. The number of carbonyl (C=O) groups excluding carboxylic acids is 3. The van der Waals surface area contributed by atoms with Crippen LogP contribution in [0.5, 0.6) is 0 Å². The fourth-order valence-electron chi connectivity index (χ4n) is 6.44. The molecule has 4 rings (SSSR count). The number of piperidine rings is 1. The molecule has 3 aliphatic rings. The maximum absolute atomic E-state index is 14.9. The first-order chi connectivity index (χ1) is 21.7. The van der Waals surface area contributed by atoms with Crippen LogP contribution < -0.4 is 0 Å². The largest absolute Gasteiger partial charge is 0.459 e. The van der Waals surface area contributed by atoms with Gasteiger partial charge in [-0.1, -0.05) is 0 Å². The predicted octanol–water partition coefficient (Wildman–Crippen LogP) is 6.64. The number of benzene rings is 1. The minimum Gasteiger partial charge on any atom is -0.459 e. The normalized spacial score (nSPS) is 25.2. The number of urea groups is 1. The number of hydrogen-bond donors (Lipinski definition) is 0. The zero-order chi connectivity index (χ0) is 34.9. The molecule has 1 aromatic carbocycles. The molecule has 1 atom stereocenters. The topological polar surface area (TPSA) is 103 Å². The van der Waals surface area contributed by atoms with Gasteiger partial charge >= 0.3 is 18.2 Å². The van der Waals surface area contributed by atoms with Crippen LogP contribution >= 0.6 is 11.9 Å². The summed E-state index contributed by atoms with van der Waals surface area (Å²) in [6.07, 6.45) is -2.51. The van der Waals surface area contributed by atoms with E-state index in [2.05, 4.69) is 0 Å². The van der Waals surface area contributed by atoms with E-state index in [1.54, 1.807) is 34.6 Å². The maximum atomic E-state index is 14.9. The lowest BCUT2D eigenvalue weighted by Gasteiger charge is -2.40. The summed E-state index contributed by atoms with van der Waals surface area (Å²) in [5.41, 5.74) is -3.64. The SMILES string of the molecule is CC(C)(C)OC(=O)CN1CCC(CCOC2CCC(N3C(=O)N(Sc4ccc(C#N)c(C(F)(F)F)c4)C(=O)C3(C)C)CC2)C(F)(F)C1. The molecular formula is C32H41F5N4O5S. The second-order valence-electron chi connectivity index (χ2n) is 13.9. The van der Waals surface area contributed by atoms with Crippen LogP contribution in [0, 0.1) is 17.2 Å². The molecule has 2 saturated heterocycles. The molecule has 9 nitrogen and oxygen atoms in total. The van der Waals surface area contributed by atoms with E-state index in [9.17, 15) is 36.3 Å². The monoisotopic (exact) mass is 688 g/mol.